The summed E-state index contributed by atoms with van der Waals surface area (Å²) in [5.74, 6) is -3.58. The molecule has 5 nitrogen and oxygen atoms in total. The van der Waals surface area contributed by atoms with Crippen molar-refractivity contribution in [3.05, 3.63) is 46.2 Å². The third-order valence-corrected chi connectivity index (χ3v) is 4.47. The van der Waals surface area contributed by atoms with Gasteiger partial charge in [-0.2, -0.15) is 0 Å². The molecule has 0 unspecified atom stereocenters. The normalized spacial score (nSPS) is 27.4. The van der Waals surface area contributed by atoms with E-state index in [4.69, 9.17) is 16.3 Å². The monoisotopic (exact) mass is 322 g/mol. The minimum Gasteiger partial charge on any atom is -0.464 e. The molecule has 6 heteroatoms. The van der Waals surface area contributed by atoms with Gasteiger partial charge in [0.25, 0.3) is 0 Å². The molecule has 3 rings (SSSR count). The van der Waals surface area contributed by atoms with Crippen molar-refractivity contribution in [2.75, 3.05) is 7.11 Å². The van der Waals surface area contributed by atoms with Crippen LogP contribution in [0.2, 0.25) is 5.02 Å². The quantitative estimate of drug-likeness (QED) is 0.846. The fraction of sp³-hybridized carbons (Fsp3) is 0.375. The molecule has 116 valence electrons. The predicted octanol–water partition coefficient (Wildman–Crippen LogP) is 2.32. The average Bonchev–Trinajstić information content (AvgIpc) is 2.87. The average molecular weight is 323 g/mol. The summed E-state index contributed by atoms with van der Waals surface area (Å²) in [5, 5.41) is 11.0. The number of carbonyl (C=O) groups excluding carboxylic acids is 2. The van der Waals surface area contributed by atoms with Crippen LogP contribution >= 0.6 is 11.6 Å². The highest BCUT2D eigenvalue weighted by Crippen LogP contribution is 2.47. The van der Waals surface area contributed by atoms with Gasteiger partial charge in [-0.1, -0.05) is 29.8 Å². The number of ketones is 1. The number of hydrogen-bond acceptors (Lipinski definition) is 5. The van der Waals surface area contributed by atoms with Crippen molar-refractivity contribution >= 4 is 23.4 Å². The number of hydrogen-bond donors (Lipinski definition) is 1. The summed E-state index contributed by atoms with van der Waals surface area (Å²) in [7, 11) is 1.16. The molecule has 1 aromatic rings. The van der Waals surface area contributed by atoms with Crippen LogP contribution in [-0.2, 0) is 19.1 Å². The first-order valence-electron chi connectivity index (χ1n) is 6.97. The van der Waals surface area contributed by atoms with Gasteiger partial charge in [-0.3, -0.25) is 4.79 Å². The lowest BCUT2D eigenvalue weighted by Gasteiger charge is -2.35. The Balaban J connectivity index is 2.10. The Morgan fingerprint density at radius 1 is 1.41 bits per heavy atom. The molecule has 22 heavy (non-hydrogen) atoms. The van der Waals surface area contributed by atoms with Gasteiger partial charge < -0.3 is 14.6 Å². The molecule has 1 aliphatic carbocycles. The number of carbonyl (C=O) groups is 2. The highest BCUT2D eigenvalue weighted by molar-refractivity contribution is 6.31. The number of allylic oxidation sites excluding steroid dienone is 2. The molecule has 2 atom stereocenters. The standard InChI is InChI=1S/C16H15ClO5/c1-21-15(19)16(20)8-11(9-4-2-3-5-12(9)17)10-6-7-13(18)14(10)22-16/h2-5,11,20H,6-8H2,1H3/t11-,16+/m0/s1. The zero-order valence-corrected chi connectivity index (χ0v) is 12.7. The van der Waals surface area contributed by atoms with Crippen LogP contribution in [0.15, 0.2) is 35.6 Å². The summed E-state index contributed by atoms with van der Waals surface area (Å²) in [6, 6.07) is 7.18. The second-order valence-corrected chi connectivity index (χ2v) is 5.84. The molecule has 1 aromatic carbocycles. The maximum Gasteiger partial charge on any atom is 0.379 e. The first kappa shape index (κ1) is 15.1. The number of rotatable bonds is 2. The molecular formula is C16H15ClO5. The van der Waals surface area contributed by atoms with E-state index < -0.39 is 11.8 Å². The summed E-state index contributed by atoms with van der Waals surface area (Å²) in [5.41, 5.74) is 1.55. The van der Waals surface area contributed by atoms with Crippen molar-refractivity contribution in [3.8, 4) is 0 Å². The fourth-order valence-electron chi connectivity index (χ4n) is 3.06. The zero-order valence-electron chi connectivity index (χ0n) is 12.0. The highest BCUT2D eigenvalue weighted by Gasteiger charge is 2.51. The third-order valence-electron chi connectivity index (χ3n) is 4.12. The zero-order chi connectivity index (χ0) is 15.9. The number of aliphatic hydroxyl groups is 1. The molecule has 0 bridgehead atoms. The number of halogens is 1. The molecule has 2 aliphatic rings. The van der Waals surface area contributed by atoms with Crippen molar-refractivity contribution in [2.45, 2.75) is 31.0 Å². The van der Waals surface area contributed by atoms with Crippen molar-refractivity contribution in [1.29, 1.82) is 0 Å². The summed E-state index contributed by atoms with van der Waals surface area (Å²) in [6.07, 6.45) is 0.819. The SMILES string of the molecule is COC(=O)[C@@]1(O)C[C@@H](c2ccccc2Cl)C2=C(O1)C(=O)CC2. The van der Waals surface area contributed by atoms with Gasteiger partial charge in [0.2, 0.25) is 0 Å². The largest absolute Gasteiger partial charge is 0.464 e. The van der Waals surface area contributed by atoms with Crippen LogP contribution in [0.1, 0.15) is 30.7 Å². The Morgan fingerprint density at radius 2 is 2.14 bits per heavy atom. The first-order chi connectivity index (χ1) is 10.5. The first-order valence-corrected chi connectivity index (χ1v) is 7.34. The van der Waals surface area contributed by atoms with Gasteiger partial charge in [0, 0.05) is 23.8 Å². The maximum absolute atomic E-state index is 12.0. The van der Waals surface area contributed by atoms with Crippen molar-refractivity contribution < 1.29 is 24.2 Å². The summed E-state index contributed by atoms with van der Waals surface area (Å²) >= 11 is 6.24. The van der Waals surface area contributed by atoms with E-state index >= 15 is 0 Å². The summed E-state index contributed by atoms with van der Waals surface area (Å²) in [4.78, 5) is 23.9. The minimum absolute atomic E-state index is 0.0322. The van der Waals surface area contributed by atoms with E-state index in [1.165, 1.54) is 0 Å². The molecule has 0 radical (unpaired) electrons. The van der Waals surface area contributed by atoms with Crippen LogP contribution in [0, 0.1) is 0 Å². The molecule has 0 spiro atoms. The van der Waals surface area contributed by atoms with Gasteiger partial charge in [0.05, 0.1) is 7.11 Å². The highest BCUT2D eigenvalue weighted by atomic mass is 35.5. The van der Waals surface area contributed by atoms with E-state index in [1.807, 2.05) is 12.1 Å². The van der Waals surface area contributed by atoms with Crippen molar-refractivity contribution in [2.24, 2.45) is 0 Å². The van der Waals surface area contributed by atoms with Crippen molar-refractivity contribution in [1.82, 2.24) is 0 Å². The van der Waals surface area contributed by atoms with Crippen LogP contribution < -0.4 is 0 Å². The topological polar surface area (TPSA) is 72.8 Å². The van der Waals surface area contributed by atoms with Crippen LogP contribution in [0.5, 0.6) is 0 Å². The Labute approximate surface area is 132 Å². The Bertz CT molecular complexity index is 681. The number of methoxy groups -OCH3 is 1. The molecule has 0 fully saturated rings. The van der Waals surface area contributed by atoms with Gasteiger partial charge >= 0.3 is 11.8 Å². The third kappa shape index (κ3) is 2.30. The summed E-state index contributed by atoms with van der Waals surface area (Å²) < 4.78 is 9.93. The van der Waals surface area contributed by atoms with Gasteiger partial charge in [-0.05, 0) is 23.6 Å². The molecular weight excluding hydrogens is 308 g/mol. The van der Waals surface area contributed by atoms with Crippen LogP contribution in [0.3, 0.4) is 0 Å². The van der Waals surface area contributed by atoms with Gasteiger partial charge in [-0.15, -0.1) is 0 Å². The Hall–Kier alpha value is -1.85. The molecule has 0 amide bonds. The van der Waals surface area contributed by atoms with Crippen LogP contribution in [-0.4, -0.2) is 29.8 Å². The van der Waals surface area contributed by atoms with E-state index in [-0.39, 0.29) is 23.9 Å². The lowest BCUT2D eigenvalue weighted by molar-refractivity contribution is -0.220. The van der Waals surface area contributed by atoms with Gasteiger partial charge in [0.1, 0.15) is 0 Å². The lowest BCUT2D eigenvalue weighted by atomic mass is 9.82. The fourth-order valence-corrected chi connectivity index (χ4v) is 3.33. The van der Waals surface area contributed by atoms with Gasteiger partial charge in [-0.25, -0.2) is 4.79 Å². The molecule has 0 saturated heterocycles. The van der Waals surface area contributed by atoms with Gasteiger partial charge in [0.15, 0.2) is 11.5 Å². The molecule has 1 N–H and O–H groups in total. The number of ether oxygens (including phenoxy) is 2. The van der Waals surface area contributed by atoms with E-state index in [0.29, 0.717) is 17.9 Å². The predicted molar refractivity (Wildman–Crippen MR) is 78.1 cm³/mol. The maximum atomic E-state index is 12.0. The summed E-state index contributed by atoms with van der Waals surface area (Å²) in [6.45, 7) is 0. The minimum atomic E-state index is -2.17. The molecule has 0 saturated carbocycles. The smallest absolute Gasteiger partial charge is 0.379 e. The second-order valence-electron chi connectivity index (χ2n) is 5.43. The second kappa shape index (κ2) is 5.41. The Kier molecular flexibility index (Phi) is 3.70. The van der Waals surface area contributed by atoms with E-state index in [9.17, 15) is 14.7 Å². The molecule has 1 aliphatic heterocycles. The number of Topliss-reactive ketones (excluding diaryl/α,β-unsaturated/α-hetero) is 1. The van der Waals surface area contributed by atoms with Crippen LogP contribution in [0.4, 0.5) is 0 Å². The van der Waals surface area contributed by atoms with E-state index in [1.54, 1.807) is 12.1 Å². The number of benzene rings is 1. The lowest BCUT2D eigenvalue weighted by Crippen LogP contribution is -2.46. The molecule has 0 aromatic heterocycles. The van der Waals surface area contributed by atoms with E-state index in [0.717, 1.165) is 18.2 Å². The molecule has 1 heterocycles. The Morgan fingerprint density at radius 3 is 2.82 bits per heavy atom. The van der Waals surface area contributed by atoms with E-state index in [2.05, 4.69) is 4.74 Å². The number of esters is 1. The van der Waals surface area contributed by atoms with Crippen molar-refractivity contribution in [3.63, 3.8) is 0 Å². The van der Waals surface area contributed by atoms with Crippen LogP contribution in [0.25, 0.3) is 0 Å².